The number of carbonyl (C=O) groups is 1. The third-order valence-electron chi connectivity index (χ3n) is 4.06. The van der Waals surface area contributed by atoms with Crippen LogP contribution in [0.1, 0.15) is 27.2 Å². The lowest BCUT2D eigenvalue weighted by Crippen LogP contribution is -2.18. The first-order valence-electron chi connectivity index (χ1n) is 7.96. The summed E-state index contributed by atoms with van der Waals surface area (Å²) in [6.45, 7) is 3.87. The average molecular weight is 353 g/mol. The van der Waals surface area contributed by atoms with Crippen LogP contribution in [0.15, 0.2) is 71.8 Å². The maximum atomic E-state index is 12.8. The quantitative estimate of drug-likeness (QED) is 0.656. The Hall–Kier alpha value is -2.66. The first-order valence-corrected chi connectivity index (χ1v) is 9.40. The number of hydrogen-bond acceptors (Lipinski definition) is 3. The summed E-state index contributed by atoms with van der Waals surface area (Å²) in [5.41, 5.74) is 3.11. The van der Waals surface area contributed by atoms with Crippen LogP contribution in [0, 0.1) is 13.8 Å². The van der Waals surface area contributed by atoms with Crippen LogP contribution in [0.2, 0.25) is 0 Å². The molecule has 0 unspecified atom stereocenters. The number of hydrogen-bond donors (Lipinski definition) is 0. The molecule has 0 saturated heterocycles. The van der Waals surface area contributed by atoms with Gasteiger partial charge in [-0.3, -0.25) is 4.79 Å². The Morgan fingerprint density at radius 1 is 0.880 bits per heavy atom. The zero-order valence-corrected chi connectivity index (χ0v) is 15.0. The third kappa shape index (κ3) is 3.56. The zero-order valence-electron chi connectivity index (χ0n) is 14.1. The number of Topliss-reactive ketones (excluding diaryl/α,β-unsaturated/α-hetero) is 1. The molecule has 128 valence electrons. The molecule has 0 aliphatic carbocycles. The maximum absolute atomic E-state index is 12.8. The normalized spacial score (nSPS) is 11.4. The highest BCUT2D eigenvalue weighted by molar-refractivity contribution is 7.90. The second-order valence-corrected chi connectivity index (χ2v) is 7.91. The highest BCUT2D eigenvalue weighted by Crippen LogP contribution is 2.19. The van der Waals surface area contributed by atoms with E-state index in [4.69, 9.17) is 0 Å². The molecule has 25 heavy (non-hydrogen) atoms. The van der Waals surface area contributed by atoms with Crippen LogP contribution in [0.4, 0.5) is 0 Å². The molecule has 0 atom stereocenters. The van der Waals surface area contributed by atoms with Crippen LogP contribution in [0.5, 0.6) is 0 Å². The molecule has 0 aliphatic rings. The number of benzene rings is 2. The lowest BCUT2D eigenvalue weighted by Gasteiger charge is -2.10. The Kier molecular flexibility index (Phi) is 4.59. The molecular formula is C20H19NO3S. The summed E-state index contributed by atoms with van der Waals surface area (Å²) in [4.78, 5) is 12.8. The van der Waals surface area contributed by atoms with Crippen LogP contribution in [0.3, 0.4) is 0 Å². The fraction of sp³-hybridized carbons (Fsp3) is 0.150. The van der Waals surface area contributed by atoms with Crippen molar-refractivity contribution in [2.75, 3.05) is 0 Å². The fourth-order valence-electron chi connectivity index (χ4n) is 2.60. The Balaban J connectivity index is 1.93. The van der Waals surface area contributed by atoms with Gasteiger partial charge >= 0.3 is 0 Å². The minimum Gasteiger partial charge on any atom is -0.292 e. The molecule has 3 aromatic rings. The lowest BCUT2D eigenvalue weighted by atomic mass is 10.1. The van der Waals surface area contributed by atoms with Gasteiger partial charge in [-0.05, 0) is 43.7 Å². The molecule has 1 heterocycles. The van der Waals surface area contributed by atoms with Gasteiger partial charge < -0.3 is 0 Å². The van der Waals surface area contributed by atoms with Crippen LogP contribution in [-0.2, 0) is 16.4 Å². The summed E-state index contributed by atoms with van der Waals surface area (Å²) in [7, 11) is -3.79. The molecule has 2 aromatic carbocycles. The second kappa shape index (κ2) is 6.69. The van der Waals surface area contributed by atoms with E-state index < -0.39 is 10.0 Å². The van der Waals surface area contributed by atoms with Crippen LogP contribution >= 0.6 is 0 Å². The predicted octanol–water partition coefficient (Wildman–Crippen LogP) is 3.77. The van der Waals surface area contributed by atoms with Crippen molar-refractivity contribution in [1.82, 2.24) is 3.97 Å². The SMILES string of the molecule is Cc1ccc(CC(=O)c2cccn2S(=O)(=O)c2ccc(C)cc2)cc1. The smallest absolute Gasteiger partial charge is 0.268 e. The van der Waals surface area contributed by atoms with Crippen molar-refractivity contribution < 1.29 is 13.2 Å². The van der Waals surface area contributed by atoms with Crippen molar-refractivity contribution in [3.8, 4) is 0 Å². The number of nitrogens with zero attached hydrogens (tertiary/aromatic N) is 1. The van der Waals surface area contributed by atoms with Crippen LogP contribution < -0.4 is 0 Å². The van der Waals surface area contributed by atoms with Crippen LogP contribution in [0.25, 0.3) is 0 Å². The summed E-state index contributed by atoms with van der Waals surface area (Å²) in [5, 5.41) is 0. The van der Waals surface area contributed by atoms with Gasteiger partial charge in [-0.25, -0.2) is 12.4 Å². The first-order chi connectivity index (χ1) is 11.9. The molecule has 0 aliphatic heterocycles. The molecule has 5 heteroatoms. The lowest BCUT2D eigenvalue weighted by molar-refractivity contribution is 0.0987. The number of rotatable bonds is 5. The van der Waals surface area contributed by atoms with Gasteiger partial charge in [0.1, 0.15) is 5.69 Å². The third-order valence-corrected chi connectivity index (χ3v) is 5.77. The van der Waals surface area contributed by atoms with Gasteiger partial charge in [-0.2, -0.15) is 0 Å². The second-order valence-electron chi connectivity index (χ2n) is 6.09. The first kappa shape index (κ1) is 17.2. The minimum absolute atomic E-state index is 0.160. The summed E-state index contributed by atoms with van der Waals surface area (Å²) in [6.07, 6.45) is 1.57. The van der Waals surface area contributed by atoms with Gasteiger partial charge in [0, 0.05) is 12.6 Å². The molecule has 0 bridgehead atoms. The summed E-state index contributed by atoms with van der Waals surface area (Å²) in [5.74, 6) is -0.232. The molecule has 0 fully saturated rings. The standard InChI is InChI=1S/C20H19NO3S/c1-15-5-9-17(10-6-15)14-20(22)19-4-3-13-21(19)25(23,24)18-11-7-16(2)8-12-18/h3-13H,14H2,1-2H3. The van der Waals surface area contributed by atoms with E-state index in [9.17, 15) is 13.2 Å². The molecule has 0 radical (unpaired) electrons. The molecule has 3 rings (SSSR count). The van der Waals surface area contributed by atoms with Gasteiger partial charge in [0.05, 0.1) is 4.90 Å². The van der Waals surface area contributed by atoms with Gasteiger partial charge in [0.25, 0.3) is 10.0 Å². The number of ketones is 1. The fourth-order valence-corrected chi connectivity index (χ4v) is 3.96. The van der Waals surface area contributed by atoms with E-state index in [1.807, 2.05) is 38.1 Å². The number of carbonyl (C=O) groups excluding carboxylic acids is 1. The van der Waals surface area contributed by atoms with E-state index in [1.165, 1.54) is 6.20 Å². The number of aromatic nitrogens is 1. The predicted molar refractivity (Wildman–Crippen MR) is 97.4 cm³/mol. The Labute approximate surface area is 147 Å². The summed E-state index contributed by atoms with van der Waals surface area (Å²) in [6, 6.07) is 17.3. The van der Waals surface area contributed by atoms with Crippen LogP contribution in [-0.4, -0.2) is 18.2 Å². The van der Waals surface area contributed by atoms with Gasteiger partial charge in [-0.1, -0.05) is 47.5 Å². The molecule has 4 nitrogen and oxygen atoms in total. The van der Waals surface area contributed by atoms with Crippen molar-refractivity contribution in [2.24, 2.45) is 0 Å². The molecule has 0 spiro atoms. The molecule has 1 aromatic heterocycles. The average Bonchev–Trinajstić information content (AvgIpc) is 3.08. The van der Waals surface area contributed by atoms with E-state index in [0.29, 0.717) is 0 Å². The van der Waals surface area contributed by atoms with E-state index in [1.54, 1.807) is 36.4 Å². The monoisotopic (exact) mass is 353 g/mol. The van der Waals surface area contributed by atoms with Crippen molar-refractivity contribution >= 4 is 15.8 Å². The topological polar surface area (TPSA) is 56.1 Å². The largest absolute Gasteiger partial charge is 0.292 e. The Bertz CT molecular complexity index is 998. The van der Waals surface area contributed by atoms with E-state index in [-0.39, 0.29) is 22.8 Å². The highest BCUT2D eigenvalue weighted by Gasteiger charge is 2.22. The van der Waals surface area contributed by atoms with Crippen molar-refractivity contribution in [3.63, 3.8) is 0 Å². The van der Waals surface area contributed by atoms with E-state index in [2.05, 4.69) is 0 Å². The molecule has 0 amide bonds. The minimum atomic E-state index is -3.79. The van der Waals surface area contributed by atoms with Crippen molar-refractivity contribution in [3.05, 3.63) is 89.2 Å². The van der Waals surface area contributed by atoms with Crippen molar-refractivity contribution in [2.45, 2.75) is 25.2 Å². The maximum Gasteiger partial charge on any atom is 0.268 e. The Morgan fingerprint density at radius 3 is 2.04 bits per heavy atom. The molecule has 0 saturated carbocycles. The summed E-state index contributed by atoms with van der Waals surface area (Å²) < 4.78 is 26.7. The summed E-state index contributed by atoms with van der Waals surface area (Å²) >= 11 is 0. The van der Waals surface area contributed by atoms with Gasteiger partial charge in [0.2, 0.25) is 0 Å². The number of aryl methyl sites for hydroxylation is 2. The highest BCUT2D eigenvalue weighted by atomic mass is 32.2. The van der Waals surface area contributed by atoms with E-state index in [0.717, 1.165) is 20.7 Å². The van der Waals surface area contributed by atoms with Gasteiger partial charge in [0.15, 0.2) is 5.78 Å². The van der Waals surface area contributed by atoms with Crippen molar-refractivity contribution in [1.29, 1.82) is 0 Å². The Morgan fingerprint density at radius 2 is 1.44 bits per heavy atom. The van der Waals surface area contributed by atoms with E-state index >= 15 is 0 Å². The molecular weight excluding hydrogens is 334 g/mol. The zero-order chi connectivity index (χ0) is 18.0. The van der Waals surface area contributed by atoms with Gasteiger partial charge in [-0.15, -0.1) is 0 Å². The molecule has 0 N–H and O–H groups in total.